The van der Waals surface area contributed by atoms with Gasteiger partial charge in [-0.05, 0) is 24.3 Å². The summed E-state index contributed by atoms with van der Waals surface area (Å²) in [7, 11) is 0. The zero-order valence-electron chi connectivity index (χ0n) is 14.0. The van der Waals surface area contributed by atoms with Gasteiger partial charge in [-0.1, -0.05) is 41.4 Å². The highest BCUT2D eigenvalue weighted by Crippen LogP contribution is 2.30. The fourth-order valence-electron chi connectivity index (χ4n) is 3.46. The van der Waals surface area contributed by atoms with E-state index in [0.29, 0.717) is 22.3 Å². The molecule has 0 saturated carbocycles. The van der Waals surface area contributed by atoms with Gasteiger partial charge in [0.2, 0.25) is 0 Å². The van der Waals surface area contributed by atoms with Crippen molar-refractivity contribution in [2.75, 3.05) is 18.4 Å². The van der Waals surface area contributed by atoms with Gasteiger partial charge in [0.05, 0.1) is 32.5 Å². The number of aromatic nitrogens is 1. The third kappa shape index (κ3) is 3.58. The second-order valence-corrected chi connectivity index (χ2v) is 8.30. The minimum Gasteiger partial charge on any atom is -0.320 e. The van der Waals surface area contributed by atoms with Crippen LogP contribution in [0, 0.1) is 0 Å². The lowest BCUT2D eigenvalue weighted by Gasteiger charge is -2.19. The molecule has 1 saturated heterocycles. The SMILES string of the molecule is O=C(C[NH+]1CCC[C@@H]1c1nc2ccccc2s1)Nc1cccc(Cl)c1Cl. The van der Waals surface area contributed by atoms with Gasteiger partial charge in [-0.2, -0.15) is 0 Å². The van der Waals surface area contributed by atoms with E-state index in [1.54, 1.807) is 29.5 Å². The Morgan fingerprint density at radius 3 is 2.92 bits per heavy atom. The molecule has 0 aliphatic carbocycles. The van der Waals surface area contributed by atoms with Crippen LogP contribution in [0.15, 0.2) is 42.5 Å². The molecule has 26 heavy (non-hydrogen) atoms. The number of thiazole rings is 1. The van der Waals surface area contributed by atoms with E-state index >= 15 is 0 Å². The quantitative estimate of drug-likeness (QED) is 0.688. The number of nitrogens with zero attached hydrogens (tertiary/aromatic N) is 1. The maximum Gasteiger partial charge on any atom is 0.279 e. The van der Waals surface area contributed by atoms with Crippen LogP contribution in [0.3, 0.4) is 0 Å². The van der Waals surface area contributed by atoms with E-state index in [-0.39, 0.29) is 11.9 Å². The van der Waals surface area contributed by atoms with Crippen LogP contribution < -0.4 is 10.2 Å². The van der Waals surface area contributed by atoms with E-state index in [2.05, 4.69) is 11.4 Å². The third-order valence-electron chi connectivity index (χ3n) is 4.71. The largest absolute Gasteiger partial charge is 0.320 e. The number of carbonyl (C=O) groups is 1. The summed E-state index contributed by atoms with van der Waals surface area (Å²) in [5, 5.41) is 4.81. The van der Waals surface area contributed by atoms with Crippen molar-refractivity contribution in [3.8, 4) is 0 Å². The number of carbonyl (C=O) groups excluding carboxylic acids is 1. The van der Waals surface area contributed by atoms with Gasteiger partial charge in [0.15, 0.2) is 11.6 Å². The highest BCUT2D eigenvalue weighted by molar-refractivity contribution is 7.18. The van der Waals surface area contributed by atoms with Crippen molar-refractivity contribution < 1.29 is 9.69 Å². The number of fused-ring (bicyclic) bond motifs is 1. The van der Waals surface area contributed by atoms with Crippen LogP contribution in [-0.4, -0.2) is 24.0 Å². The molecule has 1 aliphatic heterocycles. The minimum absolute atomic E-state index is 0.0582. The minimum atomic E-state index is -0.0582. The normalized spacial score (nSPS) is 19.8. The van der Waals surface area contributed by atoms with Crippen LogP contribution >= 0.6 is 34.5 Å². The van der Waals surface area contributed by atoms with E-state index in [0.717, 1.165) is 29.9 Å². The van der Waals surface area contributed by atoms with Gasteiger partial charge in [-0.3, -0.25) is 4.79 Å². The molecule has 3 aromatic rings. The molecular weight excluding hydrogens is 389 g/mol. The molecule has 2 aromatic carbocycles. The summed E-state index contributed by atoms with van der Waals surface area (Å²) < 4.78 is 1.20. The number of rotatable bonds is 4. The lowest BCUT2D eigenvalue weighted by molar-refractivity contribution is -0.910. The zero-order valence-corrected chi connectivity index (χ0v) is 16.3. The highest BCUT2D eigenvalue weighted by atomic mass is 35.5. The number of quaternary nitrogens is 1. The van der Waals surface area contributed by atoms with Crippen molar-refractivity contribution in [3.63, 3.8) is 0 Å². The number of anilines is 1. The van der Waals surface area contributed by atoms with Crippen LogP contribution in [0.4, 0.5) is 5.69 Å². The molecule has 4 rings (SSSR count). The van der Waals surface area contributed by atoms with E-state index in [9.17, 15) is 4.79 Å². The Morgan fingerprint density at radius 1 is 1.23 bits per heavy atom. The van der Waals surface area contributed by atoms with Crippen molar-refractivity contribution in [2.45, 2.75) is 18.9 Å². The number of para-hydroxylation sites is 1. The van der Waals surface area contributed by atoms with Crippen molar-refractivity contribution in [2.24, 2.45) is 0 Å². The van der Waals surface area contributed by atoms with Gasteiger partial charge in [-0.15, -0.1) is 11.3 Å². The Balaban J connectivity index is 1.48. The Kier molecular flexibility index (Phi) is 5.14. The lowest BCUT2D eigenvalue weighted by Crippen LogP contribution is -3.11. The Labute approximate surface area is 165 Å². The van der Waals surface area contributed by atoms with E-state index < -0.39 is 0 Å². The zero-order chi connectivity index (χ0) is 18.1. The molecule has 2 atom stereocenters. The fraction of sp³-hybridized carbons (Fsp3) is 0.263. The second kappa shape index (κ2) is 7.53. The Hall–Kier alpha value is -1.66. The summed E-state index contributed by atoms with van der Waals surface area (Å²) in [5.74, 6) is -0.0582. The lowest BCUT2D eigenvalue weighted by atomic mass is 10.2. The van der Waals surface area contributed by atoms with E-state index in [1.807, 2.05) is 18.2 Å². The molecular formula is C19H18Cl2N3OS+. The van der Waals surface area contributed by atoms with Crippen molar-refractivity contribution in [1.82, 2.24) is 4.98 Å². The number of hydrogen-bond acceptors (Lipinski definition) is 3. The van der Waals surface area contributed by atoms with E-state index in [4.69, 9.17) is 28.2 Å². The van der Waals surface area contributed by atoms with Gasteiger partial charge in [0.25, 0.3) is 5.91 Å². The van der Waals surface area contributed by atoms with Gasteiger partial charge in [-0.25, -0.2) is 4.98 Å². The highest BCUT2D eigenvalue weighted by Gasteiger charge is 2.34. The summed E-state index contributed by atoms with van der Waals surface area (Å²) in [4.78, 5) is 18.6. The summed E-state index contributed by atoms with van der Waals surface area (Å²) in [6, 6.07) is 13.7. The van der Waals surface area contributed by atoms with E-state index in [1.165, 1.54) is 9.60 Å². The Morgan fingerprint density at radius 2 is 2.08 bits per heavy atom. The number of hydrogen-bond donors (Lipinski definition) is 2. The average Bonchev–Trinajstić information content (AvgIpc) is 3.25. The molecule has 0 radical (unpaired) electrons. The average molecular weight is 407 g/mol. The van der Waals surface area contributed by atoms with Crippen LogP contribution in [-0.2, 0) is 4.79 Å². The predicted molar refractivity (Wildman–Crippen MR) is 107 cm³/mol. The fourth-order valence-corrected chi connectivity index (χ4v) is 4.97. The molecule has 0 bridgehead atoms. The summed E-state index contributed by atoms with van der Waals surface area (Å²) in [6.07, 6.45) is 2.15. The predicted octanol–water partition coefficient (Wildman–Crippen LogP) is 3.96. The first kappa shape index (κ1) is 17.7. The maximum atomic E-state index is 12.5. The standard InChI is InChI=1S/C19H17Cl2N3OS/c20-12-5-3-7-14(18(12)21)22-17(25)11-24-10-4-8-15(24)19-23-13-6-1-2-9-16(13)26-19/h1-3,5-7,9,15H,4,8,10-11H2,(H,22,25)/p+1/t15-/m1/s1. The van der Waals surface area contributed by atoms with Crippen molar-refractivity contribution >= 4 is 56.3 Å². The van der Waals surface area contributed by atoms with Crippen molar-refractivity contribution in [1.29, 1.82) is 0 Å². The third-order valence-corrected chi connectivity index (χ3v) is 6.67. The van der Waals surface area contributed by atoms with Crippen LogP contribution in [0.1, 0.15) is 23.9 Å². The number of nitrogens with one attached hydrogen (secondary N) is 2. The first-order valence-corrected chi connectivity index (χ1v) is 10.1. The molecule has 2 N–H and O–H groups in total. The molecule has 2 heterocycles. The number of amides is 1. The smallest absolute Gasteiger partial charge is 0.279 e. The first-order valence-electron chi connectivity index (χ1n) is 8.56. The van der Waals surface area contributed by atoms with Gasteiger partial charge < -0.3 is 10.2 Å². The van der Waals surface area contributed by atoms with Crippen molar-refractivity contribution in [3.05, 3.63) is 57.5 Å². The number of halogens is 2. The second-order valence-electron chi connectivity index (χ2n) is 6.45. The molecule has 1 aliphatic rings. The molecule has 4 nitrogen and oxygen atoms in total. The van der Waals surface area contributed by atoms with Gasteiger partial charge >= 0.3 is 0 Å². The van der Waals surface area contributed by atoms with Crippen LogP contribution in [0.2, 0.25) is 10.0 Å². The number of likely N-dealkylation sites (tertiary alicyclic amines) is 1. The van der Waals surface area contributed by atoms with Gasteiger partial charge in [0.1, 0.15) is 6.04 Å². The maximum absolute atomic E-state index is 12.5. The first-order chi connectivity index (χ1) is 12.6. The van der Waals surface area contributed by atoms with Gasteiger partial charge in [0, 0.05) is 12.8 Å². The molecule has 1 fully saturated rings. The molecule has 1 aromatic heterocycles. The monoisotopic (exact) mass is 406 g/mol. The Bertz CT molecular complexity index is 926. The summed E-state index contributed by atoms with van der Waals surface area (Å²) >= 11 is 13.9. The molecule has 0 spiro atoms. The molecule has 1 amide bonds. The molecule has 1 unspecified atom stereocenters. The van der Waals surface area contributed by atoms with Crippen LogP contribution in [0.5, 0.6) is 0 Å². The van der Waals surface area contributed by atoms with Crippen LogP contribution in [0.25, 0.3) is 10.2 Å². The molecule has 134 valence electrons. The molecule has 7 heteroatoms. The number of benzene rings is 2. The summed E-state index contributed by atoms with van der Waals surface area (Å²) in [6.45, 7) is 1.36. The summed E-state index contributed by atoms with van der Waals surface area (Å²) in [5.41, 5.74) is 1.59. The topological polar surface area (TPSA) is 46.4 Å².